The molecule has 1 saturated carbocycles. The van der Waals surface area contributed by atoms with Gasteiger partial charge in [0.05, 0.1) is 25.7 Å². The molecule has 10 heteroatoms. The summed E-state index contributed by atoms with van der Waals surface area (Å²) in [5, 5.41) is 20.1. The number of esters is 1. The van der Waals surface area contributed by atoms with E-state index >= 15 is 0 Å². The number of hydrogen-bond donors (Lipinski definition) is 1. The third-order valence-corrected chi connectivity index (χ3v) is 8.00. The molecule has 1 heterocycles. The zero-order valence-electron chi connectivity index (χ0n) is 19.3. The van der Waals surface area contributed by atoms with Gasteiger partial charge >= 0.3 is 5.97 Å². The molecule has 0 radical (unpaired) electrons. The van der Waals surface area contributed by atoms with Gasteiger partial charge in [0.25, 0.3) is 0 Å². The lowest BCUT2D eigenvalue weighted by molar-refractivity contribution is -0.121. The largest absolute Gasteiger partial charge is 0.497 e. The molecule has 3 rings (SSSR count). The normalized spacial score (nSPS) is 19.6. The maximum absolute atomic E-state index is 12.9. The predicted octanol–water partition coefficient (Wildman–Crippen LogP) is 3.65. The highest BCUT2D eigenvalue weighted by Crippen LogP contribution is 2.39. The second-order valence-electron chi connectivity index (χ2n) is 7.91. The molecular weight excluding hydrogens is 474 g/mol. The third kappa shape index (κ3) is 6.50. The number of thiazole rings is 1. The number of methoxy groups -OCH3 is 1. The van der Waals surface area contributed by atoms with Crippen molar-refractivity contribution >= 4 is 40.5 Å². The van der Waals surface area contributed by atoms with Crippen LogP contribution in [0.15, 0.2) is 34.0 Å². The molecule has 3 atom stereocenters. The SMILES string of the molecule is CCN(C[C@H]1C(=O)CC(C#N)[C@@H]1CCSc1nc(C(=O)OCCO)cs1)c1cccc(OC)c1. The van der Waals surface area contributed by atoms with Crippen LogP contribution in [-0.4, -0.2) is 61.0 Å². The van der Waals surface area contributed by atoms with Crippen molar-refractivity contribution < 1.29 is 24.2 Å². The Morgan fingerprint density at radius 1 is 1.44 bits per heavy atom. The fourth-order valence-corrected chi connectivity index (χ4v) is 6.10. The number of ether oxygens (including phenoxy) is 2. The van der Waals surface area contributed by atoms with Crippen molar-refractivity contribution in [2.45, 2.75) is 24.1 Å². The Balaban J connectivity index is 1.63. The summed E-state index contributed by atoms with van der Waals surface area (Å²) in [5.41, 5.74) is 1.22. The molecule has 1 aromatic carbocycles. The highest BCUT2D eigenvalue weighted by molar-refractivity contribution is 8.01. The Hall–Kier alpha value is -2.61. The molecule has 8 nitrogen and oxygen atoms in total. The molecule has 0 saturated heterocycles. The zero-order chi connectivity index (χ0) is 24.5. The lowest BCUT2D eigenvalue weighted by Crippen LogP contribution is -2.34. The van der Waals surface area contributed by atoms with Gasteiger partial charge in [0.1, 0.15) is 18.1 Å². The predicted molar refractivity (Wildman–Crippen MR) is 131 cm³/mol. The van der Waals surface area contributed by atoms with Crippen LogP contribution in [-0.2, 0) is 9.53 Å². The first-order valence-corrected chi connectivity index (χ1v) is 13.0. The summed E-state index contributed by atoms with van der Waals surface area (Å²) in [5.74, 6) is 0.514. The monoisotopic (exact) mass is 503 g/mol. The van der Waals surface area contributed by atoms with Gasteiger partial charge in [-0.15, -0.1) is 11.3 Å². The minimum atomic E-state index is -0.555. The van der Waals surface area contributed by atoms with Crippen LogP contribution < -0.4 is 9.64 Å². The van der Waals surface area contributed by atoms with Crippen LogP contribution in [0.25, 0.3) is 0 Å². The molecule has 1 N–H and O–H groups in total. The molecular formula is C24H29N3O5S2. The summed E-state index contributed by atoms with van der Waals surface area (Å²) >= 11 is 2.86. The number of anilines is 1. The Bertz CT molecular complexity index is 1020. The van der Waals surface area contributed by atoms with Crippen LogP contribution in [0.4, 0.5) is 5.69 Å². The number of ketones is 1. The van der Waals surface area contributed by atoms with Crippen LogP contribution >= 0.6 is 23.1 Å². The summed E-state index contributed by atoms with van der Waals surface area (Å²) in [6.07, 6.45) is 1.00. The second kappa shape index (κ2) is 12.7. The Kier molecular flexibility index (Phi) is 9.74. The molecule has 182 valence electrons. The zero-order valence-corrected chi connectivity index (χ0v) is 20.9. The molecule has 34 heavy (non-hydrogen) atoms. The van der Waals surface area contributed by atoms with Crippen LogP contribution in [0, 0.1) is 29.1 Å². The number of aliphatic hydroxyl groups excluding tert-OH is 1. The molecule has 2 aromatic rings. The van der Waals surface area contributed by atoms with E-state index in [-0.39, 0.29) is 42.4 Å². The van der Waals surface area contributed by atoms with E-state index in [0.29, 0.717) is 25.1 Å². The number of carbonyl (C=O) groups excluding carboxylic acids is 2. The van der Waals surface area contributed by atoms with Crippen molar-refractivity contribution in [1.82, 2.24) is 4.98 Å². The van der Waals surface area contributed by atoms with E-state index in [1.54, 1.807) is 12.5 Å². The number of aliphatic hydroxyl groups is 1. The number of nitrogens with zero attached hydrogens (tertiary/aromatic N) is 3. The highest BCUT2D eigenvalue weighted by Gasteiger charge is 2.42. The van der Waals surface area contributed by atoms with E-state index in [9.17, 15) is 14.9 Å². The minimum absolute atomic E-state index is 0.0291. The van der Waals surface area contributed by atoms with Gasteiger partial charge in [-0.25, -0.2) is 9.78 Å². The van der Waals surface area contributed by atoms with Crippen molar-refractivity contribution in [2.75, 3.05) is 44.1 Å². The quantitative estimate of drug-likeness (QED) is 0.342. The first-order valence-electron chi connectivity index (χ1n) is 11.2. The molecule has 0 spiro atoms. The fraction of sp³-hybridized carbons (Fsp3) is 0.500. The third-order valence-electron chi connectivity index (χ3n) is 5.94. The molecule has 1 aliphatic carbocycles. The topological polar surface area (TPSA) is 113 Å². The van der Waals surface area contributed by atoms with E-state index in [4.69, 9.17) is 14.6 Å². The van der Waals surface area contributed by atoms with Gasteiger partial charge in [0, 0.05) is 48.3 Å². The van der Waals surface area contributed by atoms with Crippen LogP contribution in [0.2, 0.25) is 0 Å². The van der Waals surface area contributed by atoms with E-state index in [2.05, 4.69) is 22.9 Å². The van der Waals surface area contributed by atoms with E-state index in [0.717, 1.165) is 22.3 Å². The number of benzene rings is 1. The second-order valence-corrected chi connectivity index (χ2v) is 10.1. The van der Waals surface area contributed by atoms with E-state index in [1.165, 1.54) is 23.1 Å². The van der Waals surface area contributed by atoms with Gasteiger partial charge < -0.3 is 19.5 Å². The van der Waals surface area contributed by atoms with Gasteiger partial charge in [-0.1, -0.05) is 17.8 Å². The van der Waals surface area contributed by atoms with Gasteiger partial charge in [-0.3, -0.25) is 4.79 Å². The average Bonchev–Trinajstić information content (AvgIpc) is 3.45. The lowest BCUT2D eigenvalue weighted by Gasteiger charge is -2.29. The molecule has 0 bridgehead atoms. The van der Waals surface area contributed by atoms with Gasteiger partial charge in [-0.05, 0) is 31.4 Å². The number of Topliss-reactive ketones (excluding diaryl/α,β-unsaturated/α-hetero) is 1. The average molecular weight is 504 g/mol. The summed E-state index contributed by atoms with van der Waals surface area (Å²) in [6.45, 7) is 3.07. The summed E-state index contributed by atoms with van der Waals surface area (Å²) in [4.78, 5) is 31.2. The maximum Gasteiger partial charge on any atom is 0.357 e. The standard InChI is InChI=1S/C24H29N3O5S2/c1-3-27(17-5-4-6-18(12-17)31-2)14-20-19(16(13-25)11-22(20)29)7-10-33-24-26-21(15-34-24)23(30)32-9-8-28/h4-6,12,15-16,19-20,28H,3,7-11,14H2,1-2H3/t16?,19-,20+/m0/s1. The number of carbonyl (C=O) groups is 2. The number of aromatic nitrogens is 1. The van der Waals surface area contributed by atoms with Crippen molar-refractivity contribution in [3.63, 3.8) is 0 Å². The number of thioether (sulfide) groups is 1. The summed E-state index contributed by atoms with van der Waals surface area (Å²) in [6, 6.07) is 10.1. The van der Waals surface area contributed by atoms with E-state index < -0.39 is 5.97 Å². The van der Waals surface area contributed by atoms with Crippen molar-refractivity contribution in [2.24, 2.45) is 17.8 Å². The minimum Gasteiger partial charge on any atom is -0.497 e. The van der Waals surface area contributed by atoms with Gasteiger partial charge in [-0.2, -0.15) is 5.26 Å². The summed E-state index contributed by atoms with van der Waals surface area (Å²) in [7, 11) is 1.63. The van der Waals surface area contributed by atoms with Crippen LogP contribution in [0.1, 0.15) is 30.3 Å². The molecule has 0 amide bonds. The molecule has 1 unspecified atom stereocenters. The smallest absolute Gasteiger partial charge is 0.357 e. The summed E-state index contributed by atoms with van der Waals surface area (Å²) < 4.78 is 11.0. The molecule has 0 aliphatic heterocycles. The number of rotatable bonds is 12. The Morgan fingerprint density at radius 3 is 2.97 bits per heavy atom. The first-order chi connectivity index (χ1) is 16.5. The number of nitriles is 1. The van der Waals surface area contributed by atoms with Crippen molar-refractivity contribution in [1.29, 1.82) is 5.26 Å². The van der Waals surface area contributed by atoms with E-state index in [1.807, 2.05) is 24.3 Å². The van der Waals surface area contributed by atoms with Crippen LogP contribution in [0.5, 0.6) is 5.75 Å². The van der Waals surface area contributed by atoms with Crippen LogP contribution in [0.3, 0.4) is 0 Å². The lowest BCUT2D eigenvalue weighted by atomic mass is 9.87. The molecule has 1 aromatic heterocycles. The first kappa shape index (κ1) is 26.0. The van der Waals surface area contributed by atoms with Gasteiger partial charge in [0.2, 0.25) is 0 Å². The molecule has 1 aliphatic rings. The van der Waals surface area contributed by atoms with Crippen molar-refractivity contribution in [3.05, 3.63) is 35.3 Å². The molecule has 1 fully saturated rings. The Labute approximate surface area is 207 Å². The Morgan fingerprint density at radius 2 is 2.26 bits per heavy atom. The van der Waals surface area contributed by atoms with Gasteiger partial charge in [0.15, 0.2) is 10.0 Å². The highest BCUT2D eigenvalue weighted by atomic mass is 32.2. The number of hydrogen-bond acceptors (Lipinski definition) is 10. The fourth-order valence-electron chi connectivity index (χ4n) is 4.19. The maximum atomic E-state index is 12.9. The van der Waals surface area contributed by atoms with Crippen molar-refractivity contribution in [3.8, 4) is 11.8 Å².